The van der Waals surface area contributed by atoms with Crippen molar-refractivity contribution >= 4 is 17.5 Å². The van der Waals surface area contributed by atoms with E-state index < -0.39 is 5.82 Å². The van der Waals surface area contributed by atoms with Gasteiger partial charge in [-0.15, -0.1) is 0 Å². The van der Waals surface area contributed by atoms with Crippen LogP contribution in [0.2, 0.25) is 5.02 Å². The Balaban J connectivity index is 1.53. The van der Waals surface area contributed by atoms with E-state index in [1.54, 1.807) is 6.26 Å². The number of carbonyl (C=O) groups is 1. The Morgan fingerprint density at radius 2 is 2.12 bits per heavy atom. The van der Waals surface area contributed by atoms with E-state index in [9.17, 15) is 9.18 Å². The zero-order valence-corrected chi connectivity index (χ0v) is 15.2. The van der Waals surface area contributed by atoms with Gasteiger partial charge in [0.2, 0.25) is 0 Å². The van der Waals surface area contributed by atoms with Gasteiger partial charge < -0.3 is 14.5 Å². The molecule has 3 rings (SSSR count). The molecule has 2 aromatic rings. The molecule has 140 valence electrons. The maximum Gasteiger partial charge on any atom is 0.258 e. The lowest BCUT2D eigenvalue weighted by atomic mass is 10.1. The molecule has 1 aromatic heterocycles. The van der Waals surface area contributed by atoms with E-state index in [1.165, 1.54) is 18.6 Å². The number of hydrogen-bond donors (Lipinski definition) is 1. The third kappa shape index (κ3) is 4.99. The minimum Gasteiger partial charge on any atom is -0.482 e. The molecule has 1 aliphatic rings. The molecule has 1 amide bonds. The summed E-state index contributed by atoms with van der Waals surface area (Å²) in [5.74, 6) is 0.408. The molecule has 1 fully saturated rings. The van der Waals surface area contributed by atoms with Crippen molar-refractivity contribution in [2.75, 3.05) is 26.2 Å². The summed E-state index contributed by atoms with van der Waals surface area (Å²) >= 11 is 5.89. The van der Waals surface area contributed by atoms with Crippen molar-refractivity contribution in [3.8, 4) is 5.75 Å². The average Bonchev–Trinajstić information content (AvgIpc) is 3.16. The number of piperidine rings is 1. The van der Waals surface area contributed by atoms with Crippen molar-refractivity contribution in [2.24, 2.45) is 0 Å². The zero-order valence-electron chi connectivity index (χ0n) is 14.4. The van der Waals surface area contributed by atoms with Gasteiger partial charge in [0, 0.05) is 6.54 Å². The van der Waals surface area contributed by atoms with Gasteiger partial charge >= 0.3 is 0 Å². The molecular weight excluding hydrogens is 359 g/mol. The number of likely N-dealkylation sites (tertiary alicyclic amines) is 1. The van der Waals surface area contributed by atoms with Crippen molar-refractivity contribution < 1.29 is 18.3 Å². The lowest BCUT2D eigenvalue weighted by Crippen LogP contribution is -2.41. The molecule has 1 unspecified atom stereocenters. The van der Waals surface area contributed by atoms with Crippen LogP contribution in [0.25, 0.3) is 0 Å². The van der Waals surface area contributed by atoms with Gasteiger partial charge in [0.15, 0.2) is 6.61 Å². The van der Waals surface area contributed by atoms with Gasteiger partial charge in [-0.3, -0.25) is 9.69 Å². The summed E-state index contributed by atoms with van der Waals surface area (Å²) in [4.78, 5) is 14.5. The molecular formula is C19H22ClFN2O3. The van der Waals surface area contributed by atoms with Crippen LogP contribution in [0.4, 0.5) is 4.39 Å². The minimum atomic E-state index is -0.449. The summed E-state index contributed by atoms with van der Waals surface area (Å²) in [5.41, 5.74) is 0. The second-order valence-corrected chi connectivity index (χ2v) is 6.70. The second-order valence-electron chi connectivity index (χ2n) is 6.30. The highest BCUT2D eigenvalue weighted by Crippen LogP contribution is 2.25. The van der Waals surface area contributed by atoms with Crippen molar-refractivity contribution in [1.29, 1.82) is 0 Å². The van der Waals surface area contributed by atoms with Gasteiger partial charge in [-0.1, -0.05) is 18.0 Å². The van der Waals surface area contributed by atoms with Crippen molar-refractivity contribution in [1.82, 2.24) is 10.2 Å². The average molecular weight is 381 g/mol. The van der Waals surface area contributed by atoms with Crippen LogP contribution in [0.5, 0.6) is 5.75 Å². The maximum atomic E-state index is 13.0. The number of carbonyl (C=O) groups excluding carboxylic acids is 1. The Morgan fingerprint density at radius 1 is 1.31 bits per heavy atom. The molecule has 1 N–H and O–H groups in total. The number of amides is 1. The molecule has 1 atom stereocenters. The van der Waals surface area contributed by atoms with Crippen LogP contribution in [-0.2, 0) is 4.79 Å². The van der Waals surface area contributed by atoms with Gasteiger partial charge in [0.05, 0.1) is 17.3 Å². The minimum absolute atomic E-state index is 0.00339. The summed E-state index contributed by atoms with van der Waals surface area (Å²) in [5, 5.41) is 3.03. The van der Waals surface area contributed by atoms with Crippen molar-refractivity contribution in [3.63, 3.8) is 0 Å². The SMILES string of the molecule is O=C(COc1ccc(F)cc1Cl)NCC(c1ccco1)N1CCCCC1. The summed E-state index contributed by atoms with van der Waals surface area (Å²) in [6.07, 6.45) is 5.18. The van der Waals surface area contributed by atoms with Gasteiger partial charge in [0.1, 0.15) is 17.3 Å². The van der Waals surface area contributed by atoms with Crippen molar-refractivity contribution in [3.05, 3.63) is 53.2 Å². The number of ether oxygens (including phenoxy) is 1. The normalized spacial score (nSPS) is 16.2. The Hall–Kier alpha value is -2.05. The molecule has 5 nitrogen and oxygen atoms in total. The van der Waals surface area contributed by atoms with Crippen LogP contribution in [-0.4, -0.2) is 37.0 Å². The predicted molar refractivity (Wildman–Crippen MR) is 96.8 cm³/mol. The van der Waals surface area contributed by atoms with Crippen LogP contribution in [0.1, 0.15) is 31.1 Å². The summed E-state index contributed by atoms with van der Waals surface area (Å²) in [6, 6.07) is 7.59. The molecule has 0 radical (unpaired) electrons. The molecule has 26 heavy (non-hydrogen) atoms. The molecule has 0 spiro atoms. The predicted octanol–water partition coefficient (Wildman–Crippen LogP) is 3.79. The second kappa shape index (κ2) is 9.05. The molecule has 1 saturated heterocycles. The third-order valence-corrected chi connectivity index (χ3v) is 4.74. The highest BCUT2D eigenvalue weighted by molar-refractivity contribution is 6.32. The van der Waals surface area contributed by atoms with Crippen molar-refractivity contribution in [2.45, 2.75) is 25.3 Å². The number of hydrogen-bond acceptors (Lipinski definition) is 4. The van der Waals surface area contributed by atoms with Crippen LogP contribution < -0.4 is 10.1 Å². The summed E-state index contributed by atoms with van der Waals surface area (Å²) < 4.78 is 24.0. The quantitative estimate of drug-likeness (QED) is 0.794. The molecule has 7 heteroatoms. The fourth-order valence-electron chi connectivity index (χ4n) is 3.12. The highest BCUT2D eigenvalue weighted by atomic mass is 35.5. The zero-order chi connectivity index (χ0) is 18.4. The summed E-state index contributed by atoms with van der Waals surface area (Å²) in [6.45, 7) is 2.23. The smallest absolute Gasteiger partial charge is 0.258 e. The number of nitrogens with one attached hydrogen (secondary N) is 1. The van der Waals surface area contributed by atoms with Crippen LogP contribution in [0.15, 0.2) is 41.0 Å². The van der Waals surface area contributed by atoms with E-state index in [-0.39, 0.29) is 29.3 Å². The Bertz CT molecular complexity index is 718. The molecule has 0 saturated carbocycles. The van der Waals surface area contributed by atoms with Gasteiger partial charge in [-0.25, -0.2) is 4.39 Å². The number of benzene rings is 1. The number of halogens is 2. The first kappa shape index (κ1) is 18.7. The van der Waals surface area contributed by atoms with Gasteiger partial charge in [0.25, 0.3) is 5.91 Å². The van der Waals surface area contributed by atoms with E-state index in [0.29, 0.717) is 6.54 Å². The molecule has 0 bridgehead atoms. The van der Waals surface area contributed by atoms with Gasteiger partial charge in [-0.2, -0.15) is 0 Å². The number of nitrogens with zero attached hydrogens (tertiary/aromatic N) is 1. The fourth-order valence-corrected chi connectivity index (χ4v) is 3.34. The Kier molecular flexibility index (Phi) is 6.52. The topological polar surface area (TPSA) is 54.7 Å². The van der Waals surface area contributed by atoms with E-state index in [2.05, 4.69) is 10.2 Å². The largest absolute Gasteiger partial charge is 0.482 e. The number of furan rings is 1. The first-order chi connectivity index (χ1) is 12.6. The first-order valence-corrected chi connectivity index (χ1v) is 9.13. The summed E-state index contributed by atoms with van der Waals surface area (Å²) in [7, 11) is 0. The lowest BCUT2D eigenvalue weighted by Gasteiger charge is -2.33. The highest BCUT2D eigenvalue weighted by Gasteiger charge is 2.24. The third-order valence-electron chi connectivity index (χ3n) is 4.45. The van der Waals surface area contributed by atoms with E-state index >= 15 is 0 Å². The molecule has 0 aliphatic carbocycles. The van der Waals surface area contributed by atoms with Crippen LogP contribution >= 0.6 is 11.6 Å². The fraction of sp³-hybridized carbons (Fsp3) is 0.421. The number of rotatable bonds is 7. The monoisotopic (exact) mass is 380 g/mol. The lowest BCUT2D eigenvalue weighted by molar-refractivity contribution is -0.123. The molecule has 1 aromatic carbocycles. The Morgan fingerprint density at radius 3 is 2.81 bits per heavy atom. The van der Waals surface area contributed by atoms with E-state index in [1.807, 2.05) is 12.1 Å². The Labute approximate surface area is 157 Å². The van der Waals surface area contributed by atoms with E-state index in [0.717, 1.165) is 37.8 Å². The first-order valence-electron chi connectivity index (χ1n) is 8.75. The van der Waals surface area contributed by atoms with E-state index in [4.69, 9.17) is 20.8 Å². The van der Waals surface area contributed by atoms with Gasteiger partial charge in [-0.05, 0) is 56.3 Å². The standard InChI is InChI=1S/C19H22ClFN2O3/c20-15-11-14(21)6-7-17(15)26-13-19(24)22-12-16(18-5-4-10-25-18)23-8-2-1-3-9-23/h4-7,10-11,16H,1-3,8-9,12-13H2,(H,22,24). The molecule has 2 heterocycles. The van der Waals surface area contributed by atoms with Crippen LogP contribution in [0, 0.1) is 5.82 Å². The molecule has 1 aliphatic heterocycles. The maximum absolute atomic E-state index is 13.0. The van der Waals surface area contributed by atoms with Crippen LogP contribution in [0.3, 0.4) is 0 Å².